The summed E-state index contributed by atoms with van der Waals surface area (Å²) in [6.07, 6.45) is 0. The lowest BCUT2D eigenvalue weighted by molar-refractivity contribution is -0.140. The van der Waals surface area contributed by atoms with Crippen LogP contribution in [0.25, 0.3) is 0 Å². The van der Waals surface area contributed by atoms with Crippen molar-refractivity contribution in [2.24, 2.45) is 11.3 Å². The van der Waals surface area contributed by atoms with E-state index in [2.05, 4.69) is 76.2 Å². The van der Waals surface area contributed by atoms with Crippen LogP contribution in [-0.4, -0.2) is 27.5 Å². The van der Waals surface area contributed by atoms with Gasteiger partial charge in [0.1, 0.15) is 0 Å². The Bertz CT molecular complexity index is 743. The maximum absolute atomic E-state index is 12.0. The van der Waals surface area contributed by atoms with Gasteiger partial charge in [-0.05, 0) is 15.4 Å². The second-order valence-electron chi connectivity index (χ2n) is 8.94. The van der Waals surface area contributed by atoms with E-state index < -0.39 is 8.32 Å². The molecule has 0 radical (unpaired) electrons. The standard InChI is InChI=1S/C23H30O3Si/c1-18-21(24)25-16-23(18,5)17-26-27(22(2,3)4,19-12-8-6-9-13-19)20-14-10-7-11-15-20/h6-15,18H,16-17H2,1-5H3/t18-,23+/m1/s1. The topological polar surface area (TPSA) is 35.5 Å². The minimum absolute atomic E-state index is 0.0707. The van der Waals surface area contributed by atoms with Gasteiger partial charge in [-0.25, -0.2) is 0 Å². The van der Waals surface area contributed by atoms with Crippen molar-refractivity contribution < 1.29 is 14.0 Å². The summed E-state index contributed by atoms with van der Waals surface area (Å²) in [7, 11) is -2.58. The molecule has 0 unspecified atom stereocenters. The molecule has 3 rings (SSSR count). The highest BCUT2D eigenvalue weighted by molar-refractivity contribution is 6.99. The zero-order valence-electron chi connectivity index (χ0n) is 17.0. The van der Waals surface area contributed by atoms with Gasteiger partial charge in [0, 0.05) is 12.0 Å². The van der Waals surface area contributed by atoms with Crippen LogP contribution in [-0.2, 0) is 14.0 Å². The zero-order valence-corrected chi connectivity index (χ0v) is 18.0. The van der Waals surface area contributed by atoms with Gasteiger partial charge in [-0.2, -0.15) is 0 Å². The molecule has 0 aliphatic carbocycles. The number of benzene rings is 2. The molecule has 0 aromatic heterocycles. The van der Waals surface area contributed by atoms with Crippen molar-refractivity contribution in [3.63, 3.8) is 0 Å². The molecular weight excluding hydrogens is 352 g/mol. The largest absolute Gasteiger partial charge is 0.465 e. The van der Waals surface area contributed by atoms with Crippen molar-refractivity contribution in [1.29, 1.82) is 0 Å². The van der Waals surface area contributed by atoms with Crippen molar-refractivity contribution in [1.82, 2.24) is 0 Å². The molecule has 0 spiro atoms. The Morgan fingerprint density at radius 2 is 1.52 bits per heavy atom. The molecule has 1 aliphatic heterocycles. The molecule has 4 heteroatoms. The Hall–Kier alpha value is -1.91. The summed E-state index contributed by atoms with van der Waals surface area (Å²) in [5, 5.41) is 2.44. The highest BCUT2D eigenvalue weighted by Gasteiger charge is 2.53. The summed E-state index contributed by atoms with van der Waals surface area (Å²) in [4.78, 5) is 12.0. The van der Waals surface area contributed by atoms with E-state index in [1.807, 2.05) is 19.1 Å². The van der Waals surface area contributed by atoms with Crippen LogP contribution in [0.15, 0.2) is 60.7 Å². The molecule has 3 nitrogen and oxygen atoms in total. The van der Waals surface area contributed by atoms with Gasteiger partial charge < -0.3 is 9.16 Å². The van der Waals surface area contributed by atoms with Gasteiger partial charge in [0.25, 0.3) is 8.32 Å². The van der Waals surface area contributed by atoms with Crippen molar-refractivity contribution in [3.05, 3.63) is 60.7 Å². The molecule has 0 amide bonds. The van der Waals surface area contributed by atoms with Crippen LogP contribution in [0.1, 0.15) is 34.6 Å². The predicted octanol–water partition coefficient (Wildman–Crippen LogP) is 3.76. The first kappa shape index (κ1) is 19.8. The van der Waals surface area contributed by atoms with Gasteiger partial charge >= 0.3 is 5.97 Å². The summed E-state index contributed by atoms with van der Waals surface area (Å²) < 4.78 is 12.3. The van der Waals surface area contributed by atoms with Crippen molar-refractivity contribution in [3.8, 4) is 0 Å². The van der Waals surface area contributed by atoms with Crippen LogP contribution in [0.3, 0.4) is 0 Å². The number of hydrogen-bond donors (Lipinski definition) is 0. The van der Waals surface area contributed by atoms with Gasteiger partial charge in [0.15, 0.2) is 0 Å². The lowest BCUT2D eigenvalue weighted by Gasteiger charge is -2.44. The van der Waals surface area contributed by atoms with E-state index in [9.17, 15) is 4.79 Å². The van der Waals surface area contributed by atoms with Gasteiger partial charge in [0.2, 0.25) is 0 Å². The molecule has 2 atom stereocenters. The second-order valence-corrected chi connectivity index (χ2v) is 13.2. The summed E-state index contributed by atoms with van der Waals surface area (Å²) in [5.74, 6) is -0.278. The molecule has 1 aliphatic rings. The third-order valence-electron chi connectivity index (χ3n) is 5.98. The number of esters is 1. The molecule has 0 saturated carbocycles. The van der Waals surface area contributed by atoms with Crippen LogP contribution in [0.2, 0.25) is 5.04 Å². The third-order valence-corrected chi connectivity index (χ3v) is 11.0. The lowest BCUT2D eigenvalue weighted by atomic mass is 9.82. The molecule has 1 heterocycles. The summed E-state index contributed by atoms with van der Waals surface area (Å²) in [6, 6.07) is 21.2. The van der Waals surface area contributed by atoms with E-state index in [0.29, 0.717) is 13.2 Å². The first-order valence-corrected chi connectivity index (χ1v) is 11.5. The SMILES string of the molecule is C[C@@H]1C(=O)OC[C@@]1(C)CO[Si](c1ccccc1)(c1ccccc1)C(C)(C)C. The molecule has 2 aromatic carbocycles. The molecular formula is C23H30O3Si. The molecule has 2 aromatic rings. The normalized spacial score (nSPS) is 23.3. The number of rotatable bonds is 5. The number of ether oxygens (including phenoxy) is 1. The smallest absolute Gasteiger partial charge is 0.309 e. The number of carbonyl (C=O) groups is 1. The van der Waals surface area contributed by atoms with E-state index in [1.165, 1.54) is 10.4 Å². The average Bonchev–Trinajstić information content (AvgIpc) is 2.91. The molecule has 1 saturated heterocycles. The molecule has 0 bridgehead atoms. The summed E-state index contributed by atoms with van der Waals surface area (Å²) in [6.45, 7) is 11.8. The molecule has 144 valence electrons. The van der Waals surface area contributed by atoms with Crippen molar-refractivity contribution in [2.75, 3.05) is 13.2 Å². The molecule has 0 N–H and O–H groups in total. The number of carbonyl (C=O) groups excluding carboxylic acids is 1. The number of hydrogen-bond acceptors (Lipinski definition) is 3. The maximum atomic E-state index is 12.0. The number of cyclic esters (lactones) is 1. The quantitative estimate of drug-likeness (QED) is 0.583. The second kappa shape index (κ2) is 7.25. The average molecular weight is 383 g/mol. The van der Waals surface area contributed by atoms with Crippen molar-refractivity contribution in [2.45, 2.75) is 39.7 Å². The van der Waals surface area contributed by atoms with Crippen LogP contribution in [0, 0.1) is 11.3 Å². The fourth-order valence-electron chi connectivity index (χ4n) is 3.97. The Balaban J connectivity index is 2.09. The van der Waals surface area contributed by atoms with E-state index in [0.717, 1.165) is 0 Å². The monoisotopic (exact) mass is 382 g/mol. The van der Waals surface area contributed by atoms with Gasteiger partial charge in [-0.15, -0.1) is 0 Å². The van der Waals surface area contributed by atoms with Gasteiger partial charge in [-0.3, -0.25) is 4.79 Å². The fraction of sp³-hybridized carbons (Fsp3) is 0.435. The van der Waals surface area contributed by atoms with E-state index in [1.54, 1.807) is 0 Å². The van der Waals surface area contributed by atoms with E-state index in [-0.39, 0.29) is 22.3 Å². The van der Waals surface area contributed by atoms with Crippen LogP contribution < -0.4 is 10.4 Å². The zero-order chi connectivity index (χ0) is 19.7. The first-order chi connectivity index (χ1) is 12.7. The fourth-order valence-corrected chi connectivity index (χ4v) is 8.67. The highest BCUT2D eigenvalue weighted by atomic mass is 28.4. The first-order valence-electron chi connectivity index (χ1n) is 9.62. The van der Waals surface area contributed by atoms with E-state index >= 15 is 0 Å². The maximum Gasteiger partial charge on any atom is 0.309 e. The minimum Gasteiger partial charge on any atom is -0.465 e. The van der Waals surface area contributed by atoms with Crippen molar-refractivity contribution >= 4 is 24.7 Å². The Morgan fingerprint density at radius 3 is 1.89 bits per heavy atom. The van der Waals surface area contributed by atoms with Gasteiger partial charge in [-0.1, -0.05) is 95.3 Å². The third kappa shape index (κ3) is 3.48. The lowest BCUT2D eigenvalue weighted by Crippen LogP contribution is -2.67. The highest BCUT2D eigenvalue weighted by Crippen LogP contribution is 2.40. The Morgan fingerprint density at radius 1 is 1.04 bits per heavy atom. The minimum atomic E-state index is -2.58. The predicted molar refractivity (Wildman–Crippen MR) is 112 cm³/mol. The molecule has 27 heavy (non-hydrogen) atoms. The van der Waals surface area contributed by atoms with Crippen LogP contribution in [0.5, 0.6) is 0 Å². The summed E-state index contributed by atoms with van der Waals surface area (Å²) >= 11 is 0. The Kier molecular flexibility index (Phi) is 5.33. The molecule has 1 fully saturated rings. The summed E-state index contributed by atoms with van der Waals surface area (Å²) in [5.41, 5.74) is -0.301. The van der Waals surface area contributed by atoms with Crippen LogP contribution in [0.4, 0.5) is 0 Å². The van der Waals surface area contributed by atoms with Crippen LogP contribution >= 0.6 is 0 Å². The van der Waals surface area contributed by atoms with Gasteiger partial charge in [0.05, 0.1) is 12.5 Å². The Labute approximate surface area is 163 Å². The van der Waals surface area contributed by atoms with E-state index in [4.69, 9.17) is 9.16 Å².